The van der Waals surface area contributed by atoms with E-state index in [0.717, 1.165) is 30.0 Å². The third kappa shape index (κ3) is 3.40. The van der Waals surface area contributed by atoms with Crippen molar-refractivity contribution in [3.63, 3.8) is 0 Å². The first-order chi connectivity index (χ1) is 11.2. The average molecular weight is 353 g/mol. The molecule has 3 aromatic heterocycles. The molecule has 0 saturated heterocycles. The maximum atomic E-state index is 9.34. The van der Waals surface area contributed by atoms with E-state index in [1.54, 1.807) is 34.0 Å². The van der Waals surface area contributed by atoms with Gasteiger partial charge in [-0.05, 0) is 41.8 Å². The molecule has 2 nitrogen and oxygen atoms in total. The molecule has 0 aromatic carbocycles. The zero-order chi connectivity index (χ0) is 16.2. The summed E-state index contributed by atoms with van der Waals surface area (Å²) in [6.07, 6.45) is 3.21. The summed E-state index contributed by atoms with van der Waals surface area (Å²) < 4.78 is 0. The van der Waals surface area contributed by atoms with Crippen molar-refractivity contribution in [3.8, 4) is 15.8 Å². The summed E-state index contributed by atoms with van der Waals surface area (Å²) in [6.45, 7) is 3.86. The average Bonchev–Trinajstić information content (AvgIpc) is 3.32. The maximum absolute atomic E-state index is 9.34. The van der Waals surface area contributed by atoms with Crippen molar-refractivity contribution in [2.45, 2.75) is 0 Å². The lowest BCUT2D eigenvalue weighted by Gasteiger charge is -1.93. The molecule has 0 aliphatic heterocycles. The summed E-state index contributed by atoms with van der Waals surface area (Å²) in [4.78, 5) is 5.38. The SMILES string of the molecule is C=C(C=N)c1ccc(-c2ccc(/C=C(\C#N)c3cccs3)s2)s1. The van der Waals surface area contributed by atoms with Gasteiger partial charge >= 0.3 is 0 Å². The predicted molar refractivity (Wildman–Crippen MR) is 103 cm³/mol. The highest BCUT2D eigenvalue weighted by Gasteiger charge is 2.08. The molecule has 0 aliphatic rings. The van der Waals surface area contributed by atoms with Crippen LogP contribution in [0.15, 0.2) is 48.4 Å². The van der Waals surface area contributed by atoms with E-state index in [2.05, 4.69) is 24.8 Å². The molecule has 0 atom stereocenters. The Morgan fingerprint density at radius 2 is 1.87 bits per heavy atom. The van der Waals surface area contributed by atoms with E-state index in [0.29, 0.717) is 5.57 Å². The molecule has 1 N–H and O–H groups in total. The van der Waals surface area contributed by atoms with Crippen LogP contribution >= 0.6 is 34.0 Å². The molecule has 0 unspecified atom stereocenters. The Labute approximate surface area is 146 Å². The first-order valence-corrected chi connectivity index (χ1v) is 9.28. The van der Waals surface area contributed by atoms with Gasteiger partial charge in [0.05, 0.1) is 5.57 Å². The van der Waals surface area contributed by atoms with E-state index in [1.807, 2.05) is 35.7 Å². The van der Waals surface area contributed by atoms with Crippen molar-refractivity contribution in [3.05, 3.63) is 63.0 Å². The Balaban J connectivity index is 1.89. The topological polar surface area (TPSA) is 47.6 Å². The number of nitriles is 1. The quantitative estimate of drug-likeness (QED) is 0.427. The summed E-state index contributed by atoms with van der Waals surface area (Å²) in [7, 11) is 0. The highest BCUT2D eigenvalue weighted by atomic mass is 32.1. The second-order valence-corrected chi connectivity index (χ2v) is 7.83. The van der Waals surface area contributed by atoms with E-state index < -0.39 is 0 Å². The zero-order valence-corrected chi connectivity index (χ0v) is 14.5. The molecule has 0 bridgehead atoms. The molecule has 0 saturated carbocycles. The summed E-state index contributed by atoms with van der Waals surface area (Å²) in [5.41, 5.74) is 1.42. The van der Waals surface area contributed by atoms with Crippen LogP contribution in [0.4, 0.5) is 0 Å². The molecule has 0 fully saturated rings. The third-order valence-electron chi connectivity index (χ3n) is 3.16. The normalized spacial score (nSPS) is 11.2. The van der Waals surface area contributed by atoms with Gasteiger partial charge in [0.15, 0.2) is 0 Å². The van der Waals surface area contributed by atoms with Gasteiger partial charge < -0.3 is 5.41 Å². The van der Waals surface area contributed by atoms with Crippen LogP contribution in [0, 0.1) is 16.7 Å². The van der Waals surface area contributed by atoms with Crippen LogP contribution in [0.5, 0.6) is 0 Å². The van der Waals surface area contributed by atoms with Crippen LogP contribution in [0.2, 0.25) is 0 Å². The van der Waals surface area contributed by atoms with Crippen LogP contribution in [0.3, 0.4) is 0 Å². The van der Waals surface area contributed by atoms with Gasteiger partial charge in [-0.2, -0.15) is 5.26 Å². The van der Waals surface area contributed by atoms with E-state index in [9.17, 15) is 5.26 Å². The van der Waals surface area contributed by atoms with E-state index in [1.165, 1.54) is 6.21 Å². The Morgan fingerprint density at radius 3 is 2.57 bits per heavy atom. The number of hydrogen-bond acceptors (Lipinski definition) is 5. The standard InChI is InChI=1S/C18H12N2S3/c1-12(10-19)15-6-7-18(23-15)17-5-4-14(22-17)9-13(11-20)16-3-2-8-21-16/h2-10,19H,1H2/b13-9+,19-10?. The van der Waals surface area contributed by atoms with Gasteiger partial charge in [0.25, 0.3) is 0 Å². The minimum atomic E-state index is 0.692. The van der Waals surface area contributed by atoms with Crippen LogP contribution < -0.4 is 0 Å². The zero-order valence-electron chi connectivity index (χ0n) is 12.1. The van der Waals surface area contributed by atoms with Crippen molar-refractivity contribution >= 4 is 57.4 Å². The predicted octanol–water partition coefficient (Wildman–Crippen LogP) is 6.27. The van der Waals surface area contributed by atoms with Crippen LogP contribution in [0.1, 0.15) is 14.6 Å². The van der Waals surface area contributed by atoms with Gasteiger partial charge in [-0.15, -0.1) is 34.0 Å². The van der Waals surface area contributed by atoms with Gasteiger partial charge in [0.2, 0.25) is 0 Å². The number of thiophene rings is 3. The fourth-order valence-electron chi connectivity index (χ4n) is 2.01. The largest absolute Gasteiger partial charge is 0.308 e. The van der Waals surface area contributed by atoms with Gasteiger partial charge in [-0.3, -0.25) is 0 Å². The Kier molecular flexibility index (Phi) is 4.68. The summed E-state index contributed by atoms with van der Waals surface area (Å²) in [5.74, 6) is 0. The number of nitrogens with zero attached hydrogens (tertiary/aromatic N) is 1. The molecule has 112 valence electrons. The van der Waals surface area contributed by atoms with Gasteiger partial charge in [-0.25, -0.2) is 0 Å². The molecule has 5 heteroatoms. The highest BCUT2D eigenvalue weighted by Crippen LogP contribution is 2.36. The first kappa shape index (κ1) is 15.6. The highest BCUT2D eigenvalue weighted by molar-refractivity contribution is 7.23. The maximum Gasteiger partial charge on any atom is 0.101 e. The second-order valence-electron chi connectivity index (χ2n) is 4.68. The van der Waals surface area contributed by atoms with Gasteiger partial charge in [0, 0.05) is 36.2 Å². The lowest BCUT2D eigenvalue weighted by Crippen LogP contribution is -1.73. The molecule has 23 heavy (non-hydrogen) atoms. The minimum Gasteiger partial charge on any atom is -0.308 e. The van der Waals surface area contributed by atoms with Gasteiger partial charge in [0.1, 0.15) is 6.07 Å². The second kappa shape index (κ2) is 6.88. The lowest BCUT2D eigenvalue weighted by atomic mass is 10.2. The number of rotatable bonds is 5. The number of allylic oxidation sites excluding steroid dienone is 2. The fraction of sp³-hybridized carbons (Fsp3) is 0. The molecule has 3 aromatic rings. The van der Waals surface area contributed by atoms with Crippen LogP contribution in [-0.2, 0) is 0 Å². The molecule has 0 aliphatic carbocycles. The van der Waals surface area contributed by atoms with Crippen molar-refractivity contribution in [2.24, 2.45) is 0 Å². The van der Waals surface area contributed by atoms with Crippen molar-refractivity contribution < 1.29 is 0 Å². The molecule has 3 heterocycles. The van der Waals surface area contributed by atoms with Gasteiger partial charge in [-0.1, -0.05) is 12.6 Å². The summed E-state index contributed by atoms with van der Waals surface area (Å²) >= 11 is 4.86. The first-order valence-electron chi connectivity index (χ1n) is 6.76. The fourth-order valence-corrected chi connectivity index (χ4v) is 4.69. The van der Waals surface area contributed by atoms with E-state index in [-0.39, 0.29) is 0 Å². The van der Waals surface area contributed by atoms with Crippen LogP contribution in [-0.4, -0.2) is 6.21 Å². The van der Waals surface area contributed by atoms with Crippen molar-refractivity contribution in [2.75, 3.05) is 0 Å². The molecule has 0 spiro atoms. The van der Waals surface area contributed by atoms with E-state index >= 15 is 0 Å². The molecule has 0 amide bonds. The molecule has 3 rings (SSSR count). The number of hydrogen-bond donors (Lipinski definition) is 1. The van der Waals surface area contributed by atoms with Crippen molar-refractivity contribution in [1.29, 1.82) is 10.7 Å². The molecular weight excluding hydrogens is 340 g/mol. The molecule has 0 radical (unpaired) electrons. The smallest absolute Gasteiger partial charge is 0.101 e. The number of nitrogens with one attached hydrogen (secondary N) is 1. The summed E-state index contributed by atoms with van der Waals surface area (Å²) in [6, 6.07) is 14.3. The Hall–Kier alpha value is -2.26. The van der Waals surface area contributed by atoms with Crippen LogP contribution in [0.25, 0.3) is 27.0 Å². The molecular formula is C18H12N2S3. The van der Waals surface area contributed by atoms with E-state index in [4.69, 9.17) is 5.41 Å². The van der Waals surface area contributed by atoms with Crippen molar-refractivity contribution in [1.82, 2.24) is 0 Å². The third-order valence-corrected chi connectivity index (χ3v) is 6.45. The monoisotopic (exact) mass is 352 g/mol. The minimum absolute atomic E-state index is 0.692. The lowest BCUT2D eigenvalue weighted by molar-refractivity contribution is 1.54. The summed E-state index contributed by atoms with van der Waals surface area (Å²) in [5, 5.41) is 18.6. The Bertz CT molecular complexity index is 918. The Morgan fingerprint density at radius 1 is 1.09 bits per heavy atom.